The molecule has 2 heterocycles. The van der Waals surface area contributed by atoms with Gasteiger partial charge in [0, 0.05) is 31.8 Å². The molecule has 6 heteroatoms. The Kier molecular flexibility index (Phi) is 5.81. The number of hydrogen-bond acceptors (Lipinski definition) is 5. The fourth-order valence-electron chi connectivity index (χ4n) is 3.55. The maximum absolute atomic E-state index is 13.4. The van der Waals surface area contributed by atoms with Crippen molar-refractivity contribution >= 4 is 22.4 Å². The quantitative estimate of drug-likeness (QED) is 0.675. The first-order valence-corrected chi connectivity index (χ1v) is 10.3. The fraction of sp³-hybridized carbons (Fsp3) is 0.273. The van der Waals surface area contributed by atoms with Gasteiger partial charge in [-0.3, -0.25) is 9.69 Å². The van der Waals surface area contributed by atoms with Crippen molar-refractivity contribution in [2.75, 3.05) is 24.6 Å². The highest BCUT2D eigenvalue weighted by molar-refractivity contribution is 7.19. The molecule has 144 valence electrons. The van der Waals surface area contributed by atoms with Crippen molar-refractivity contribution < 1.29 is 9.90 Å². The van der Waals surface area contributed by atoms with Gasteiger partial charge in [-0.2, -0.15) is 0 Å². The van der Waals surface area contributed by atoms with Crippen LogP contribution in [-0.4, -0.2) is 35.7 Å². The summed E-state index contributed by atoms with van der Waals surface area (Å²) in [5, 5.41) is 13.6. The van der Waals surface area contributed by atoms with E-state index in [1.165, 1.54) is 11.3 Å². The summed E-state index contributed by atoms with van der Waals surface area (Å²) in [6, 6.07) is 20.0. The predicted molar refractivity (Wildman–Crippen MR) is 112 cm³/mol. The van der Waals surface area contributed by atoms with Gasteiger partial charge in [-0.1, -0.05) is 72.0 Å². The first-order valence-electron chi connectivity index (χ1n) is 9.44. The van der Waals surface area contributed by atoms with Crippen molar-refractivity contribution in [1.29, 1.82) is 0 Å². The lowest BCUT2D eigenvalue weighted by molar-refractivity contribution is -0.123. The van der Waals surface area contributed by atoms with E-state index >= 15 is 0 Å². The summed E-state index contributed by atoms with van der Waals surface area (Å²) < 4.78 is 0. The van der Waals surface area contributed by atoms with Crippen molar-refractivity contribution in [3.05, 3.63) is 72.4 Å². The Morgan fingerprint density at radius 1 is 1.11 bits per heavy atom. The van der Waals surface area contributed by atoms with Crippen LogP contribution in [0.3, 0.4) is 0 Å². The van der Waals surface area contributed by atoms with E-state index in [9.17, 15) is 9.90 Å². The number of anilines is 1. The highest BCUT2D eigenvalue weighted by atomic mass is 32.1. The first kappa shape index (κ1) is 18.8. The monoisotopic (exact) mass is 393 g/mol. The van der Waals surface area contributed by atoms with E-state index < -0.39 is 0 Å². The van der Waals surface area contributed by atoms with Gasteiger partial charge in [-0.25, -0.2) is 4.98 Å². The largest absolute Gasteiger partial charge is 0.396 e. The number of benzene rings is 2. The number of carbonyl (C=O) groups is 1. The maximum atomic E-state index is 13.4. The van der Waals surface area contributed by atoms with Gasteiger partial charge in [0.05, 0.1) is 17.3 Å². The van der Waals surface area contributed by atoms with Crippen molar-refractivity contribution in [3.63, 3.8) is 0 Å². The van der Waals surface area contributed by atoms with Crippen LogP contribution in [0.25, 0.3) is 10.4 Å². The summed E-state index contributed by atoms with van der Waals surface area (Å²) in [6.07, 6.45) is 1.83. The molecule has 0 saturated carbocycles. The van der Waals surface area contributed by atoms with Crippen LogP contribution in [-0.2, 0) is 11.3 Å². The Hall–Kier alpha value is -2.54. The minimum atomic E-state index is -0.238. The molecular weight excluding hydrogens is 370 g/mol. The SMILES string of the molecule is O=C([C@H]1CNC[C@@H]1CO)N(Cc1ccccc1)c1ncc(-c2ccccc2)s1. The molecule has 1 amide bonds. The molecule has 1 fully saturated rings. The molecule has 1 aliphatic rings. The summed E-state index contributed by atoms with van der Waals surface area (Å²) in [5.41, 5.74) is 2.15. The molecule has 0 spiro atoms. The van der Waals surface area contributed by atoms with Gasteiger partial charge in [0.2, 0.25) is 5.91 Å². The third-order valence-electron chi connectivity index (χ3n) is 5.12. The zero-order valence-corrected chi connectivity index (χ0v) is 16.3. The second kappa shape index (κ2) is 8.65. The van der Waals surface area contributed by atoms with Gasteiger partial charge in [0.25, 0.3) is 0 Å². The van der Waals surface area contributed by atoms with Gasteiger partial charge in [-0.05, 0) is 11.1 Å². The zero-order valence-electron chi connectivity index (χ0n) is 15.5. The summed E-state index contributed by atoms with van der Waals surface area (Å²) >= 11 is 1.52. The number of aliphatic hydroxyl groups excluding tert-OH is 1. The van der Waals surface area contributed by atoms with Gasteiger partial charge >= 0.3 is 0 Å². The summed E-state index contributed by atoms with van der Waals surface area (Å²) in [4.78, 5) is 20.8. The predicted octanol–water partition coefficient (Wildman–Crippen LogP) is 3.17. The lowest BCUT2D eigenvalue weighted by Crippen LogP contribution is -2.39. The van der Waals surface area contributed by atoms with Crippen LogP contribution in [0.1, 0.15) is 5.56 Å². The number of carbonyl (C=O) groups excluding carboxylic acids is 1. The molecule has 2 aromatic carbocycles. The standard InChI is InChI=1S/C22H23N3O2S/c26-15-18-11-23-12-19(18)21(27)25(14-16-7-3-1-4-8-16)22-24-13-20(28-22)17-9-5-2-6-10-17/h1-10,13,18-19,23,26H,11-12,14-15H2/t18-,19+/m1/s1. The molecule has 2 atom stereocenters. The molecular formula is C22H23N3O2S. The molecule has 4 rings (SSSR count). The van der Waals surface area contributed by atoms with Crippen LogP contribution in [0.15, 0.2) is 66.9 Å². The smallest absolute Gasteiger partial charge is 0.233 e. The molecule has 0 radical (unpaired) electrons. The molecule has 3 aromatic rings. The highest BCUT2D eigenvalue weighted by Crippen LogP contribution is 2.33. The first-order chi connectivity index (χ1) is 13.8. The third kappa shape index (κ3) is 3.99. The summed E-state index contributed by atoms with van der Waals surface area (Å²) in [7, 11) is 0. The zero-order chi connectivity index (χ0) is 19.3. The molecule has 0 bridgehead atoms. The van der Waals surface area contributed by atoms with E-state index in [1.54, 1.807) is 4.90 Å². The third-order valence-corrected chi connectivity index (χ3v) is 6.19. The average molecular weight is 394 g/mol. The van der Waals surface area contributed by atoms with Crippen molar-refractivity contribution in [2.24, 2.45) is 11.8 Å². The van der Waals surface area contributed by atoms with E-state index in [0.717, 1.165) is 16.0 Å². The van der Waals surface area contributed by atoms with Crippen LogP contribution in [0, 0.1) is 11.8 Å². The number of nitrogens with one attached hydrogen (secondary N) is 1. The number of amides is 1. The maximum Gasteiger partial charge on any atom is 0.233 e. The van der Waals surface area contributed by atoms with E-state index in [-0.39, 0.29) is 24.3 Å². The van der Waals surface area contributed by atoms with Crippen molar-refractivity contribution in [2.45, 2.75) is 6.54 Å². The normalized spacial score (nSPS) is 18.9. The van der Waals surface area contributed by atoms with E-state index in [0.29, 0.717) is 24.8 Å². The minimum absolute atomic E-state index is 0.00964. The average Bonchev–Trinajstić information content (AvgIpc) is 3.42. The van der Waals surface area contributed by atoms with Gasteiger partial charge < -0.3 is 10.4 Å². The molecule has 5 nitrogen and oxygen atoms in total. The van der Waals surface area contributed by atoms with Crippen molar-refractivity contribution in [3.8, 4) is 10.4 Å². The Balaban J connectivity index is 1.65. The van der Waals surface area contributed by atoms with Gasteiger partial charge in [0.15, 0.2) is 5.13 Å². The van der Waals surface area contributed by atoms with Crippen LogP contribution in [0.4, 0.5) is 5.13 Å². The fourth-order valence-corrected chi connectivity index (χ4v) is 4.47. The number of aliphatic hydroxyl groups is 1. The Morgan fingerprint density at radius 2 is 1.82 bits per heavy atom. The number of thiazole rings is 1. The van der Waals surface area contributed by atoms with Gasteiger partial charge in [0.1, 0.15) is 0 Å². The molecule has 1 aromatic heterocycles. The summed E-state index contributed by atoms with van der Waals surface area (Å²) in [6.45, 7) is 1.73. The van der Waals surface area contributed by atoms with Crippen molar-refractivity contribution in [1.82, 2.24) is 10.3 Å². The van der Waals surface area contributed by atoms with Crippen LogP contribution in [0.2, 0.25) is 0 Å². The lowest BCUT2D eigenvalue weighted by atomic mass is 9.95. The molecule has 2 N–H and O–H groups in total. The molecule has 1 saturated heterocycles. The second-order valence-corrected chi connectivity index (χ2v) is 8.00. The highest BCUT2D eigenvalue weighted by Gasteiger charge is 2.36. The number of hydrogen-bond donors (Lipinski definition) is 2. The van der Waals surface area contributed by atoms with Crippen LogP contribution < -0.4 is 10.2 Å². The Labute approximate surface area is 168 Å². The number of aromatic nitrogens is 1. The Bertz CT molecular complexity index is 914. The number of rotatable bonds is 6. The topological polar surface area (TPSA) is 65.5 Å². The second-order valence-electron chi connectivity index (χ2n) is 6.99. The van der Waals surface area contributed by atoms with E-state index in [4.69, 9.17) is 0 Å². The molecule has 28 heavy (non-hydrogen) atoms. The molecule has 0 aliphatic carbocycles. The van der Waals surface area contributed by atoms with Crippen LogP contribution >= 0.6 is 11.3 Å². The summed E-state index contributed by atoms with van der Waals surface area (Å²) in [5.74, 6) is -0.279. The van der Waals surface area contributed by atoms with E-state index in [2.05, 4.69) is 10.3 Å². The molecule has 1 aliphatic heterocycles. The number of nitrogens with zero attached hydrogens (tertiary/aromatic N) is 2. The lowest BCUT2D eigenvalue weighted by Gasteiger charge is -2.25. The van der Waals surface area contributed by atoms with Gasteiger partial charge in [-0.15, -0.1) is 0 Å². The van der Waals surface area contributed by atoms with E-state index in [1.807, 2.05) is 66.9 Å². The van der Waals surface area contributed by atoms with Crippen LogP contribution in [0.5, 0.6) is 0 Å². The minimum Gasteiger partial charge on any atom is -0.396 e. The molecule has 0 unspecified atom stereocenters. The Morgan fingerprint density at radius 3 is 2.54 bits per heavy atom.